The van der Waals surface area contributed by atoms with Crippen LogP contribution < -0.4 is 0 Å². The number of aryl methyl sites for hydroxylation is 2. The van der Waals surface area contributed by atoms with E-state index in [0.29, 0.717) is 23.1 Å². The minimum Gasteiger partial charge on any atom is -0.382 e. The fourth-order valence-electron chi connectivity index (χ4n) is 8.14. The highest BCUT2D eigenvalue weighted by atomic mass is 16.3. The third-order valence-electron chi connectivity index (χ3n) is 10.2. The molecular weight excluding hydrogens is 430 g/mol. The van der Waals surface area contributed by atoms with Gasteiger partial charge in [-0.2, -0.15) is 10.2 Å². The Labute approximate surface area is 198 Å². The Morgan fingerprint density at radius 3 is 2.44 bits per heavy atom. The van der Waals surface area contributed by atoms with Gasteiger partial charge in [0.2, 0.25) is 0 Å². The van der Waals surface area contributed by atoms with Crippen LogP contribution >= 0.6 is 0 Å². The maximum Gasteiger partial charge on any atom is 0.320 e. The van der Waals surface area contributed by atoms with E-state index >= 15 is 0 Å². The second-order valence-electron chi connectivity index (χ2n) is 12.9. The number of hydrogen-bond acceptors (Lipinski definition) is 5. The SMILES string of the molecule is Cc1cc(C)n(C23CC(C4CN(C(=O)N5CC6(CC(c7nc(C8(O)CC8)n[nH]7)C6)C5)C4)(C2)C3)n1. The minimum atomic E-state index is -0.776. The molecule has 0 aromatic carbocycles. The third kappa shape index (κ3) is 2.44. The van der Waals surface area contributed by atoms with E-state index in [0.717, 1.165) is 63.4 Å². The molecule has 4 heterocycles. The van der Waals surface area contributed by atoms with Crippen LogP contribution in [0.15, 0.2) is 6.07 Å². The first-order valence-corrected chi connectivity index (χ1v) is 12.9. The lowest BCUT2D eigenvalue weighted by atomic mass is 9.35. The summed E-state index contributed by atoms with van der Waals surface area (Å²) in [6, 6.07) is 2.42. The van der Waals surface area contributed by atoms with E-state index in [2.05, 4.69) is 44.7 Å². The zero-order chi connectivity index (χ0) is 23.1. The van der Waals surface area contributed by atoms with Crippen LogP contribution in [0.3, 0.4) is 0 Å². The Morgan fingerprint density at radius 2 is 1.82 bits per heavy atom. The van der Waals surface area contributed by atoms with Gasteiger partial charge in [-0.1, -0.05) is 0 Å². The first-order chi connectivity index (χ1) is 16.2. The molecule has 2 aromatic heterocycles. The van der Waals surface area contributed by atoms with Gasteiger partial charge >= 0.3 is 6.03 Å². The molecule has 0 radical (unpaired) electrons. The van der Waals surface area contributed by atoms with Gasteiger partial charge in [0.1, 0.15) is 11.4 Å². The predicted molar refractivity (Wildman–Crippen MR) is 122 cm³/mol. The van der Waals surface area contributed by atoms with E-state index in [4.69, 9.17) is 5.10 Å². The summed E-state index contributed by atoms with van der Waals surface area (Å²) in [6.45, 7) is 7.86. The molecule has 2 aliphatic heterocycles. The molecule has 9 nitrogen and oxygen atoms in total. The standard InChI is InChI=1S/C25H33N7O2/c1-15-5-16(2)32(29-15)24-10-23(11-24,12-24)18-8-30(9-18)21(33)31-13-22(14-31)6-17(7-22)19-26-20(28-27-19)25(34)3-4-25/h5,17-18,34H,3-4,6-14H2,1-2H3,(H,26,27,28). The number of aliphatic hydroxyl groups is 1. The molecular formula is C25H33N7O2. The van der Waals surface area contributed by atoms with E-state index in [9.17, 15) is 9.90 Å². The monoisotopic (exact) mass is 463 g/mol. The number of urea groups is 1. The highest BCUT2D eigenvalue weighted by Crippen LogP contribution is 2.75. The summed E-state index contributed by atoms with van der Waals surface area (Å²) < 4.78 is 2.28. The molecule has 0 atom stereocenters. The van der Waals surface area contributed by atoms with Gasteiger partial charge in [-0.05, 0) is 70.3 Å². The molecule has 180 valence electrons. The molecule has 2 amide bonds. The van der Waals surface area contributed by atoms with Crippen LogP contribution in [0.1, 0.15) is 73.9 Å². The average molecular weight is 464 g/mol. The molecule has 7 aliphatic rings. The van der Waals surface area contributed by atoms with Crippen LogP contribution in [0, 0.1) is 30.6 Å². The number of nitrogens with zero attached hydrogens (tertiary/aromatic N) is 6. The van der Waals surface area contributed by atoms with Crippen molar-refractivity contribution in [3.63, 3.8) is 0 Å². The van der Waals surface area contributed by atoms with E-state index < -0.39 is 5.60 Å². The predicted octanol–water partition coefficient (Wildman–Crippen LogP) is 2.41. The van der Waals surface area contributed by atoms with Crippen LogP contribution in [-0.4, -0.2) is 72.1 Å². The van der Waals surface area contributed by atoms with E-state index in [1.807, 2.05) is 4.90 Å². The summed E-state index contributed by atoms with van der Waals surface area (Å²) in [5, 5.41) is 22.2. The number of nitrogens with one attached hydrogen (secondary N) is 1. The van der Waals surface area contributed by atoms with Crippen LogP contribution in [0.2, 0.25) is 0 Å². The van der Waals surface area contributed by atoms with Crippen molar-refractivity contribution >= 4 is 6.03 Å². The van der Waals surface area contributed by atoms with Gasteiger partial charge in [0.25, 0.3) is 0 Å². The zero-order valence-electron chi connectivity index (χ0n) is 20.0. The smallest absolute Gasteiger partial charge is 0.320 e. The number of H-pyrrole nitrogens is 1. The molecule has 9 heteroatoms. The van der Waals surface area contributed by atoms with Gasteiger partial charge in [-0.15, -0.1) is 0 Å². The highest BCUT2D eigenvalue weighted by Gasteiger charge is 2.73. The Morgan fingerprint density at radius 1 is 1.12 bits per heavy atom. The number of hydrogen-bond donors (Lipinski definition) is 2. The lowest BCUT2D eigenvalue weighted by Crippen LogP contribution is -2.76. The summed E-state index contributed by atoms with van der Waals surface area (Å²) >= 11 is 0. The average Bonchev–Trinajstić information content (AvgIpc) is 3.04. The van der Waals surface area contributed by atoms with Crippen molar-refractivity contribution in [3.05, 3.63) is 29.1 Å². The molecule has 1 spiro atoms. The minimum absolute atomic E-state index is 0.239. The fourth-order valence-corrected chi connectivity index (χ4v) is 8.14. The summed E-state index contributed by atoms with van der Waals surface area (Å²) in [5.74, 6) is 2.52. The molecule has 2 saturated heterocycles. The van der Waals surface area contributed by atoms with E-state index in [1.54, 1.807) is 0 Å². The van der Waals surface area contributed by atoms with Gasteiger partial charge in [-0.3, -0.25) is 9.78 Å². The van der Waals surface area contributed by atoms with E-state index in [-0.39, 0.29) is 17.0 Å². The van der Waals surface area contributed by atoms with Crippen molar-refractivity contribution in [1.29, 1.82) is 0 Å². The number of amides is 2. The molecule has 5 saturated carbocycles. The van der Waals surface area contributed by atoms with Gasteiger partial charge in [-0.25, -0.2) is 9.78 Å². The summed E-state index contributed by atoms with van der Waals surface area (Å²) in [7, 11) is 0. The normalized spacial score (nSPS) is 34.7. The second kappa shape index (κ2) is 5.86. The van der Waals surface area contributed by atoms with Crippen LogP contribution in [-0.2, 0) is 11.1 Å². The topological polar surface area (TPSA) is 103 Å². The van der Waals surface area contributed by atoms with Crippen molar-refractivity contribution in [2.24, 2.45) is 16.7 Å². The fraction of sp³-hybridized carbons (Fsp3) is 0.760. The van der Waals surface area contributed by atoms with Gasteiger partial charge in [0.05, 0.1) is 11.2 Å². The number of likely N-dealkylation sites (tertiary alicyclic amines) is 2. The molecule has 34 heavy (non-hydrogen) atoms. The lowest BCUT2D eigenvalue weighted by molar-refractivity contribution is -0.246. The third-order valence-corrected chi connectivity index (χ3v) is 10.2. The summed E-state index contributed by atoms with van der Waals surface area (Å²) in [6.07, 6.45) is 7.36. The summed E-state index contributed by atoms with van der Waals surface area (Å²) in [4.78, 5) is 21.7. The largest absolute Gasteiger partial charge is 0.382 e. The summed E-state index contributed by atoms with van der Waals surface area (Å²) in [5.41, 5.74) is 2.63. The Balaban J connectivity index is 0.817. The van der Waals surface area contributed by atoms with Crippen LogP contribution in [0.5, 0.6) is 0 Å². The Kier molecular flexibility index (Phi) is 3.42. The van der Waals surface area contributed by atoms with Gasteiger partial charge in [0, 0.05) is 49.1 Å². The molecule has 0 unspecified atom stereocenters. The number of aromatic amines is 1. The molecule has 2 aromatic rings. The zero-order valence-corrected chi connectivity index (χ0v) is 20.0. The van der Waals surface area contributed by atoms with Crippen molar-refractivity contribution in [2.45, 2.75) is 75.9 Å². The number of carbonyl (C=O) groups excluding carboxylic acids is 1. The first-order valence-electron chi connectivity index (χ1n) is 12.9. The molecule has 9 rings (SSSR count). The molecule has 2 bridgehead atoms. The van der Waals surface area contributed by atoms with Gasteiger partial charge < -0.3 is 14.9 Å². The van der Waals surface area contributed by atoms with Crippen LogP contribution in [0.4, 0.5) is 4.79 Å². The molecule has 7 fully saturated rings. The maximum absolute atomic E-state index is 13.0. The Bertz CT molecular complexity index is 1190. The number of aromatic nitrogens is 5. The van der Waals surface area contributed by atoms with E-state index in [1.165, 1.54) is 25.0 Å². The maximum atomic E-state index is 13.0. The van der Waals surface area contributed by atoms with Crippen molar-refractivity contribution in [3.8, 4) is 0 Å². The molecule has 2 N–H and O–H groups in total. The quantitative estimate of drug-likeness (QED) is 0.725. The highest BCUT2D eigenvalue weighted by molar-refractivity contribution is 5.76. The van der Waals surface area contributed by atoms with Crippen LogP contribution in [0.25, 0.3) is 0 Å². The number of carbonyl (C=O) groups is 1. The van der Waals surface area contributed by atoms with Gasteiger partial charge in [0.15, 0.2) is 5.82 Å². The van der Waals surface area contributed by atoms with Crippen molar-refractivity contribution in [2.75, 3.05) is 26.2 Å². The lowest BCUT2D eigenvalue weighted by Gasteiger charge is -2.75. The second-order valence-corrected chi connectivity index (χ2v) is 12.9. The first kappa shape index (κ1) is 19.8. The number of rotatable bonds is 4. The Hall–Kier alpha value is -2.42. The van der Waals surface area contributed by atoms with Crippen molar-refractivity contribution in [1.82, 2.24) is 34.8 Å². The molecule has 5 aliphatic carbocycles. The van der Waals surface area contributed by atoms with Crippen molar-refractivity contribution < 1.29 is 9.90 Å².